The molecule has 1 saturated carbocycles. The van der Waals surface area contributed by atoms with E-state index in [1.54, 1.807) is 0 Å². The molecule has 5 heteroatoms. The van der Waals surface area contributed by atoms with Crippen LogP contribution < -0.4 is 5.32 Å². The van der Waals surface area contributed by atoms with Gasteiger partial charge < -0.3 is 20.1 Å². The summed E-state index contributed by atoms with van der Waals surface area (Å²) in [5.74, 6) is 0.715. The van der Waals surface area contributed by atoms with Crippen LogP contribution in [0.1, 0.15) is 51.9 Å². The van der Waals surface area contributed by atoms with Crippen molar-refractivity contribution in [3.8, 4) is 0 Å². The molecule has 5 nitrogen and oxygen atoms in total. The summed E-state index contributed by atoms with van der Waals surface area (Å²) < 4.78 is 5.27. The van der Waals surface area contributed by atoms with Gasteiger partial charge in [-0.05, 0) is 45.1 Å². The second kappa shape index (κ2) is 9.48. The smallest absolute Gasteiger partial charge is 0.224 e. The van der Waals surface area contributed by atoms with Crippen molar-refractivity contribution < 1.29 is 14.6 Å². The normalized spacial score (nSPS) is 27.6. The lowest BCUT2D eigenvalue weighted by Crippen LogP contribution is -2.43. The van der Waals surface area contributed by atoms with E-state index in [1.165, 1.54) is 19.3 Å². The Morgan fingerprint density at radius 2 is 2.05 bits per heavy atom. The average molecular weight is 312 g/mol. The maximum atomic E-state index is 12.1. The van der Waals surface area contributed by atoms with Gasteiger partial charge in [-0.3, -0.25) is 4.79 Å². The summed E-state index contributed by atoms with van der Waals surface area (Å²) in [6.07, 6.45) is 7.24. The van der Waals surface area contributed by atoms with E-state index >= 15 is 0 Å². The highest BCUT2D eigenvalue weighted by Crippen LogP contribution is 2.27. The summed E-state index contributed by atoms with van der Waals surface area (Å²) >= 11 is 0. The molecule has 0 spiro atoms. The van der Waals surface area contributed by atoms with Gasteiger partial charge in [0, 0.05) is 25.6 Å². The minimum absolute atomic E-state index is 0.0888. The Labute approximate surface area is 134 Å². The van der Waals surface area contributed by atoms with Crippen molar-refractivity contribution in [3.63, 3.8) is 0 Å². The maximum absolute atomic E-state index is 12.1. The zero-order chi connectivity index (χ0) is 15.8. The first-order valence-corrected chi connectivity index (χ1v) is 8.94. The van der Waals surface area contributed by atoms with Crippen LogP contribution in [0, 0.1) is 5.92 Å². The lowest BCUT2D eigenvalue weighted by Gasteiger charge is -2.28. The van der Waals surface area contributed by atoms with Gasteiger partial charge in [-0.2, -0.15) is 0 Å². The molecule has 1 aliphatic heterocycles. The molecule has 2 aliphatic rings. The number of nitrogens with one attached hydrogen (secondary N) is 1. The summed E-state index contributed by atoms with van der Waals surface area (Å²) in [6, 6.07) is 0.214. The maximum Gasteiger partial charge on any atom is 0.224 e. The van der Waals surface area contributed by atoms with Gasteiger partial charge in [-0.15, -0.1) is 0 Å². The molecule has 1 amide bonds. The molecular formula is C17H32N2O3. The van der Waals surface area contributed by atoms with Crippen LogP contribution in [0.3, 0.4) is 0 Å². The molecule has 3 unspecified atom stereocenters. The van der Waals surface area contributed by atoms with E-state index in [1.807, 2.05) is 4.90 Å². The van der Waals surface area contributed by atoms with Crippen LogP contribution in [-0.2, 0) is 9.53 Å². The molecule has 0 bridgehead atoms. The number of ether oxygens (including phenoxy) is 1. The molecule has 128 valence electrons. The van der Waals surface area contributed by atoms with E-state index in [2.05, 4.69) is 12.2 Å². The number of aliphatic hydroxyl groups excluding tert-OH is 1. The quantitative estimate of drug-likeness (QED) is 0.700. The minimum Gasteiger partial charge on any atom is -0.393 e. The predicted octanol–water partition coefficient (Wildman–Crippen LogP) is 1.54. The lowest BCUT2D eigenvalue weighted by molar-refractivity contribution is -0.135. The van der Waals surface area contributed by atoms with Gasteiger partial charge in [0.15, 0.2) is 0 Å². The fraction of sp³-hybridized carbons (Fsp3) is 0.941. The number of nitrogens with zero attached hydrogens (tertiary/aromatic N) is 1. The Morgan fingerprint density at radius 3 is 2.77 bits per heavy atom. The molecule has 2 fully saturated rings. The van der Waals surface area contributed by atoms with Crippen molar-refractivity contribution >= 4 is 5.91 Å². The third-order valence-electron chi connectivity index (χ3n) is 4.96. The number of hydrogen-bond acceptors (Lipinski definition) is 4. The highest BCUT2D eigenvalue weighted by Gasteiger charge is 2.22. The molecule has 1 heterocycles. The monoisotopic (exact) mass is 312 g/mol. The summed E-state index contributed by atoms with van der Waals surface area (Å²) in [5.41, 5.74) is 0. The van der Waals surface area contributed by atoms with E-state index in [0.717, 1.165) is 38.9 Å². The number of rotatable bonds is 7. The van der Waals surface area contributed by atoms with Gasteiger partial charge in [-0.25, -0.2) is 0 Å². The van der Waals surface area contributed by atoms with Crippen LogP contribution in [0.25, 0.3) is 0 Å². The van der Waals surface area contributed by atoms with Gasteiger partial charge in [0.25, 0.3) is 0 Å². The average Bonchev–Trinajstić information content (AvgIpc) is 2.54. The van der Waals surface area contributed by atoms with E-state index in [9.17, 15) is 9.90 Å². The molecule has 0 aromatic carbocycles. The Bertz CT molecular complexity index is 332. The van der Waals surface area contributed by atoms with E-state index in [0.29, 0.717) is 25.6 Å². The van der Waals surface area contributed by atoms with E-state index in [4.69, 9.17) is 4.74 Å². The Hall–Kier alpha value is -0.650. The van der Waals surface area contributed by atoms with Crippen LogP contribution in [0.4, 0.5) is 0 Å². The molecule has 2 N–H and O–H groups in total. The first-order valence-electron chi connectivity index (χ1n) is 8.94. The fourth-order valence-electron chi connectivity index (χ4n) is 3.51. The number of hydrogen-bond donors (Lipinski definition) is 2. The van der Waals surface area contributed by atoms with E-state index < -0.39 is 0 Å². The van der Waals surface area contributed by atoms with Crippen LogP contribution in [0.15, 0.2) is 0 Å². The van der Waals surface area contributed by atoms with E-state index in [-0.39, 0.29) is 18.1 Å². The topological polar surface area (TPSA) is 61.8 Å². The molecule has 3 atom stereocenters. The second-order valence-corrected chi connectivity index (χ2v) is 6.81. The molecular weight excluding hydrogens is 280 g/mol. The van der Waals surface area contributed by atoms with Gasteiger partial charge in [0.2, 0.25) is 5.91 Å². The summed E-state index contributed by atoms with van der Waals surface area (Å²) in [6.45, 7) is 5.79. The molecule has 22 heavy (non-hydrogen) atoms. The van der Waals surface area contributed by atoms with Crippen LogP contribution in [0.2, 0.25) is 0 Å². The number of carbonyl (C=O) groups is 1. The molecule has 0 aromatic rings. The molecule has 0 aromatic heterocycles. The fourth-order valence-corrected chi connectivity index (χ4v) is 3.51. The largest absolute Gasteiger partial charge is 0.393 e. The third kappa shape index (κ3) is 5.86. The van der Waals surface area contributed by atoms with Crippen LogP contribution >= 0.6 is 0 Å². The van der Waals surface area contributed by atoms with Crippen molar-refractivity contribution in [3.05, 3.63) is 0 Å². The number of amides is 1. The first-order chi connectivity index (χ1) is 10.7. The minimum atomic E-state index is -0.0888. The van der Waals surface area contributed by atoms with Crippen molar-refractivity contribution in [1.82, 2.24) is 10.2 Å². The summed E-state index contributed by atoms with van der Waals surface area (Å²) in [4.78, 5) is 14.0. The van der Waals surface area contributed by atoms with Gasteiger partial charge in [0.05, 0.1) is 19.3 Å². The van der Waals surface area contributed by atoms with Crippen LogP contribution in [-0.4, -0.2) is 60.9 Å². The highest BCUT2D eigenvalue weighted by molar-refractivity contribution is 5.76. The van der Waals surface area contributed by atoms with Crippen molar-refractivity contribution in [2.45, 2.75) is 64.0 Å². The molecule has 2 rings (SSSR count). The third-order valence-corrected chi connectivity index (χ3v) is 4.96. The second-order valence-electron chi connectivity index (χ2n) is 6.81. The zero-order valence-electron chi connectivity index (χ0n) is 13.9. The van der Waals surface area contributed by atoms with Crippen molar-refractivity contribution in [2.75, 3.05) is 32.8 Å². The van der Waals surface area contributed by atoms with Gasteiger partial charge >= 0.3 is 0 Å². The first kappa shape index (κ1) is 17.7. The van der Waals surface area contributed by atoms with Crippen molar-refractivity contribution in [2.24, 2.45) is 5.92 Å². The molecule has 0 radical (unpaired) electrons. The van der Waals surface area contributed by atoms with Gasteiger partial charge in [0.1, 0.15) is 0 Å². The highest BCUT2D eigenvalue weighted by atomic mass is 16.5. The Balaban J connectivity index is 1.55. The SMILES string of the molecule is CC(CC(=O)N1CCOCC1)NCCCC1CCCCC1O. The molecule has 1 saturated heterocycles. The summed E-state index contributed by atoms with van der Waals surface area (Å²) in [5, 5.41) is 13.4. The standard InChI is InChI=1S/C17H32N2O3/c1-14(13-17(21)19-9-11-22-12-10-19)18-8-4-6-15-5-2-3-7-16(15)20/h14-16,18,20H,2-13H2,1H3. The van der Waals surface area contributed by atoms with Crippen molar-refractivity contribution in [1.29, 1.82) is 0 Å². The number of carbonyl (C=O) groups excluding carboxylic acids is 1. The zero-order valence-corrected chi connectivity index (χ0v) is 13.9. The van der Waals surface area contributed by atoms with Crippen LogP contribution in [0.5, 0.6) is 0 Å². The molecule has 1 aliphatic carbocycles. The number of aliphatic hydroxyl groups is 1. The predicted molar refractivity (Wildman–Crippen MR) is 86.7 cm³/mol. The Morgan fingerprint density at radius 1 is 1.32 bits per heavy atom. The number of morpholine rings is 1. The lowest BCUT2D eigenvalue weighted by atomic mass is 9.83. The summed E-state index contributed by atoms with van der Waals surface area (Å²) in [7, 11) is 0. The van der Waals surface area contributed by atoms with Gasteiger partial charge in [-0.1, -0.05) is 12.8 Å². The Kier molecular flexibility index (Phi) is 7.63.